The zero-order chi connectivity index (χ0) is 105. The first-order chi connectivity index (χ1) is 69.2. The molecule has 2 aliphatic rings. The molecule has 2 heterocycles. The average Bonchev–Trinajstić information content (AvgIpc) is 0.774. The van der Waals surface area contributed by atoms with Gasteiger partial charge < -0.3 is 78.5 Å². The number of unbranched alkanes of at least 4 members (excludes halogenated alkanes) is 62. The van der Waals surface area contributed by atoms with Gasteiger partial charge in [-0.1, -0.05) is 446 Å². The quantitative estimate of drug-likeness (QED) is 0.00921. The molecule has 2 rings (SSSR count). The molecule has 0 spiro atoms. The molecule has 29 heteroatoms. The minimum absolute atomic E-state index is 0.0803. The number of ether oxygens (including phenoxy) is 8. The Bertz CT molecular complexity index is 3200. The molecule has 0 aromatic heterocycles. The predicted octanol–water partition coefficient (Wildman–Crippen LogP) is 28.3. The van der Waals surface area contributed by atoms with E-state index in [0.717, 1.165) is 289 Å². The summed E-state index contributed by atoms with van der Waals surface area (Å²) in [5.41, 5.74) is 0. The highest BCUT2D eigenvalue weighted by Gasteiger charge is 2.55. The van der Waals surface area contributed by atoms with E-state index in [9.17, 15) is 58.3 Å². The van der Waals surface area contributed by atoms with Crippen LogP contribution in [-0.2, 0) is 89.6 Å². The Kier molecular flexibility index (Phi) is 86.7. The zero-order valence-corrected chi connectivity index (χ0v) is 93.6. The van der Waals surface area contributed by atoms with Crippen molar-refractivity contribution >= 4 is 57.1 Å². The van der Waals surface area contributed by atoms with Crippen LogP contribution in [0, 0.1) is 0 Å². The normalized spacial score (nSPS) is 19.5. The van der Waals surface area contributed by atoms with Gasteiger partial charge in [0.25, 0.3) is 0 Å². The second kappa shape index (κ2) is 91.8. The highest BCUT2D eigenvalue weighted by molar-refractivity contribution is 7.51. The summed E-state index contributed by atoms with van der Waals surface area (Å²) in [6, 6.07) is -3.73. The molecule has 0 aromatic carbocycles. The Labute approximate surface area is 868 Å². The topological polar surface area (TPSA) is 391 Å². The van der Waals surface area contributed by atoms with E-state index >= 15 is 14.4 Å². The van der Waals surface area contributed by atoms with E-state index in [1.165, 1.54) is 122 Å². The summed E-state index contributed by atoms with van der Waals surface area (Å²) in [6.07, 6.45) is 55.2. The molecule has 143 heavy (non-hydrogen) atoms. The van der Waals surface area contributed by atoms with Crippen molar-refractivity contribution in [1.82, 2.24) is 10.6 Å². The van der Waals surface area contributed by atoms with Crippen LogP contribution in [-0.4, -0.2) is 177 Å². The van der Waals surface area contributed by atoms with Crippen LogP contribution in [0.4, 0.5) is 0 Å². The number of carbonyl (C=O) groups is 7. The number of aliphatic hydroxyl groups excluding tert-OH is 3. The third-order valence-corrected chi connectivity index (χ3v) is 29.2. The van der Waals surface area contributed by atoms with E-state index in [-0.39, 0.29) is 38.5 Å². The average molecular weight is 2070 g/mol. The fourth-order valence-corrected chi connectivity index (χ4v) is 20.6. The zero-order valence-electron chi connectivity index (χ0n) is 91.8. The van der Waals surface area contributed by atoms with Crippen molar-refractivity contribution in [3.63, 3.8) is 0 Å². The van der Waals surface area contributed by atoms with Crippen molar-refractivity contribution in [2.45, 2.75) is 654 Å². The van der Waals surface area contributed by atoms with Crippen LogP contribution in [0.25, 0.3) is 0 Å². The molecular formula is C114H214N2O25P2. The molecule has 0 bridgehead atoms. The van der Waals surface area contributed by atoms with Gasteiger partial charge in [-0.3, -0.25) is 47.2 Å². The van der Waals surface area contributed by atoms with E-state index in [1.54, 1.807) is 0 Å². The van der Waals surface area contributed by atoms with Crippen molar-refractivity contribution in [1.29, 1.82) is 0 Å². The number of esters is 5. The van der Waals surface area contributed by atoms with Gasteiger partial charge in [-0.15, -0.1) is 0 Å². The lowest BCUT2D eigenvalue weighted by Crippen LogP contribution is -2.68. The van der Waals surface area contributed by atoms with Crippen molar-refractivity contribution in [2.75, 3.05) is 19.9 Å². The van der Waals surface area contributed by atoms with Crippen molar-refractivity contribution in [3.05, 3.63) is 12.2 Å². The van der Waals surface area contributed by atoms with E-state index in [4.69, 9.17) is 46.9 Å². The maximum Gasteiger partial charge on any atom is 0.470 e. The van der Waals surface area contributed by atoms with Crippen LogP contribution in [0.3, 0.4) is 0 Å². The van der Waals surface area contributed by atoms with Crippen LogP contribution in [0.2, 0.25) is 0 Å². The summed E-state index contributed by atoms with van der Waals surface area (Å²) in [6.45, 7) is 14.1. The number of allylic oxidation sites excluding steroid dienone is 2. The lowest BCUT2D eigenvalue weighted by Gasteiger charge is -2.47. The Morgan fingerprint density at radius 1 is 0.322 bits per heavy atom. The lowest BCUT2D eigenvalue weighted by molar-refractivity contribution is -0.296. The van der Waals surface area contributed by atoms with E-state index in [2.05, 4.69) is 71.3 Å². The van der Waals surface area contributed by atoms with Crippen LogP contribution in [0.5, 0.6) is 0 Å². The standard InChI is InChI=1S/C114H214N2O25P2/c1-9-16-23-30-37-44-47-49-51-58-65-71-78-85-102(121)133-95(82-75-68-61-54-41-34-27-20-13-5)89-100(119)115-107-111(138-105(124)88-94(118)81-74-67-60-53-40-33-26-19-12-4)109(126)99(137-114(107)141-142(8,127)128)93-132-113-108(116-101(120)90-96(83-76-69-62-55-42-35-28-21-14-6)134-103(122)86-79-72-66-59-52-50-48-45-38-31-24-17-10-2)112(110(98(92-117)136-113)140-143(129,130)131)139-106(125)91-97(84-77-70-63-56-43-36-29-22-15-7)135-104(123)87-80-73-64-57-46-39-32-25-18-11-3/h45,48,94-99,107-114,117-118,126H,9-44,46-47,49-93H2,1-8H3,(H,115,119)(H,116,120)(H,127,128)(H2,129,130,131)/b48-45-/t94?,95?,96?,97?,98?,99?,107?,108?,109-,110-,111-,112-,113-,114?/m1/s1. The van der Waals surface area contributed by atoms with Gasteiger partial charge in [0.1, 0.15) is 54.8 Å². The predicted molar refractivity (Wildman–Crippen MR) is 572 cm³/mol. The molecule has 0 aromatic rings. The maximum absolute atomic E-state index is 15.4. The lowest BCUT2D eigenvalue weighted by atomic mass is 9.95. The minimum Gasteiger partial charge on any atom is -0.462 e. The Hall–Kier alpha value is -3.95. The molecule has 2 fully saturated rings. The first kappa shape index (κ1) is 135. The number of carbonyl (C=O) groups excluding carboxylic acids is 7. The first-order valence-corrected chi connectivity index (χ1v) is 62.6. The number of rotatable bonds is 101. The third kappa shape index (κ3) is 76.3. The molecule has 8 N–H and O–H groups in total. The largest absolute Gasteiger partial charge is 0.470 e. The molecule has 0 saturated carbocycles. The van der Waals surface area contributed by atoms with Gasteiger partial charge in [0.15, 0.2) is 24.8 Å². The molecule has 2 amide bonds. The van der Waals surface area contributed by atoms with E-state index in [0.29, 0.717) is 51.4 Å². The summed E-state index contributed by atoms with van der Waals surface area (Å²) < 4.78 is 89.1. The van der Waals surface area contributed by atoms with Gasteiger partial charge in [-0.25, -0.2) is 4.57 Å². The van der Waals surface area contributed by atoms with E-state index < -0.39 is 182 Å². The second-order valence-corrected chi connectivity index (χ2v) is 45.0. The summed E-state index contributed by atoms with van der Waals surface area (Å²) in [7, 11) is -10.5. The minimum atomic E-state index is -5.70. The Morgan fingerprint density at radius 2 is 0.594 bits per heavy atom. The molecule has 2 saturated heterocycles. The van der Waals surface area contributed by atoms with Crippen LogP contribution in [0.1, 0.15) is 569 Å². The summed E-state index contributed by atoms with van der Waals surface area (Å²) in [5, 5.41) is 41.5. The fourth-order valence-electron chi connectivity index (χ4n) is 19.5. The summed E-state index contributed by atoms with van der Waals surface area (Å²) in [5.74, 6) is -5.30. The monoisotopic (exact) mass is 2070 g/mol. The van der Waals surface area contributed by atoms with Crippen LogP contribution in [0.15, 0.2) is 12.2 Å². The number of phosphoric ester groups is 1. The molecule has 0 radical (unpaired) electrons. The number of phosphoric acid groups is 1. The Morgan fingerprint density at radius 3 is 0.916 bits per heavy atom. The summed E-state index contributed by atoms with van der Waals surface area (Å²) >= 11 is 0. The molecule has 15 atom stereocenters. The van der Waals surface area contributed by atoms with E-state index in [1.807, 2.05) is 0 Å². The number of nitrogens with one attached hydrogen (secondary N) is 2. The van der Waals surface area contributed by atoms with Crippen molar-refractivity contribution in [2.24, 2.45) is 0 Å². The number of hydrogen-bond acceptors (Lipinski definition) is 22. The number of amides is 2. The van der Waals surface area contributed by atoms with Crippen molar-refractivity contribution < 1.29 is 120 Å². The van der Waals surface area contributed by atoms with Crippen LogP contribution < -0.4 is 10.6 Å². The van der Waals surface area contributed by atoms with Crippen LogP contribution >= 0.6 is 15.4 Å². The van der Waals surface area contributed by atoms with Gasteiger partial charge in [0, 0.05) is 25.9 Å². The Balaban J connectivity index is 2.94. The van der Waals surface area contributed by atoms with Gasteiger partial charge in [-0.05, 0) is 89.9 Å². The van der Waals surface area contributed by atoms with Gasteiger partial charge in [0.2, 0.25) is 11.8 Å². The number of hydrogen-bond donors (Lipinski definition) is 8. The van der Waals surface area contributed by atoms with Gasteiger partial charge in [-0.2, -0.15) is 0 Å². The molecule has 2 aliphatic heterocycles. The van der Waals surface area contributed by atoms with Crippen molar-refractivity contribution in [3.8, 4) is 0 Å². The smallest absolute Gasteiger partial charge is 0.462 e. The molecule has 10 unspecified atom stereocenters. The molecule has 0 aliphatic carbocycles. The fraction of sp³-hybridized carbons (Fsp3) is 0.921. The highest BCUT2D eigenvalue weighted by atomic mass is 31.2. The summed E-state index contributed by atoms with van der Waals surface area (Å²) in [4.78, 5) is 135. The first-order valence-electron chi connectivity index (χ1n) is 59.1. The van der Waals surface area contributed by atoms with Gasteiger partial charge >= 0.3 is 45.3 Å². The maximum atomic E-state index is 15.4. The highest BCUT2D eigenvalue weighted by Crippen LogP contribution is 2.45. The molecule has 27 nitrogen and oxygen atoms in total. The second-order valence-electron chi connectivity index (χ2n) is 42.0. The van der Waals surface area contributed by atoms with Gasteiger partial charge in [0.05, 0.1) is 45.0 Å². The SMILES string of the molecule is CCCCCC/C=C\CCCCCCCC(=O)OC(CCCCCCCCCCC)CC(=O)NC1[C@H](OCC2OC(OP(C)(=O)O)C(NC(=O)CC(CCCCCCCCCCC)OC(=O)CCCCCCCCCCCCCCC)[C@@H](OC(=O)CC(O)CCCCCCCCCCC)[C@@H]2O)OC(CO)[C@@H](OP(=O)(O)O)[C@@H]1OC(=O)CC(CCCCCCCCCCC)OC(=O)CCCCCCCCCCCC. The third-order valence-electron chi connectivity index (χ3n) is 28.1. The molecule has 840 valence electrons. The number of aliphatic hydroxyl groups is 3. The molecular weight excluding hydrogens is 1860 g/mol.